The number of ether oxygens (including phenoxy) is 1. The molecule has 0 aromatic carbocycles. The molecule has 0 aliphatic carbocycles. The summed E-state index contributed by atoms with van der Waals surface area (Å²) in [5.41, 5.74) is 1.43. The number of pyridine rings is 1. The van der Waals surface area contributed by atoms with Crippen molar-refractivity contribution in [2.24, 2.45) is 5.92 Å². The van der Waals surface area contributed by atoms with Crippen molar-refractivity contribution in [1.29, 1.82) is 0 Å². The second kappa shape index (κ2) is 7.24. The van der Waals surface area contributed by atoms with Gasteiger partial charge in [0.05, 0.1) is 23.6 Å². The standard InChI is InChI=1S/C15H23N3O2/c1-3-14-11(6-8-20-14)9-18-15(19)12-5-7-16-10-13(12)17-4-2/h5,7,10-11,14,17H,3-4,6,8-9H2,1-2H3,(H,18,19). The molecule has 0 radical (unpaired) electrons. The Kier molecular flexibility index (Phi) is 5.35. The first-order valence-corrected chi connectivity index (χ1v) is 7.33. The van der Waals surface area contributed by atoms with E-state index in [-0.39, 0.29) is 12.0 Å². The van der Waals surface area contributed by atoms with E-state index in [1.165, 1.54) is 0 Å². The predicted molar refractivity (Wildman–Crippen MR) is 78.9 cm³/mol. The van der Waals surface area contributed by atoms with Crippen LogP contribution in [0.5, 0.6) is 0 Å². The molecule has 0 bridgehead atoms. The molecule has 20 heavy (non-hydrogen) atoms. The second-order valence-corrected chi connectivity index (χ2v) is 5.03. The molecule has 1 amide bonds. The molecule has 5 nitrogen and oxygen atoms in total. The van der Waals surface area contributed by atoms with E-state index >= 15 is 0 Å². The summed E-state index contributed by atoms with van der Waals surface area (Å²) in [6, 6.07) is 1.75. The van der Waals surface area contributed by atoms with Gasteiger partial charge in [0.2, 0.25) is 0 Å². The first-order valence-electron chi connectivity index (χ1n) is 7.33. The number of carbonyl (C=O) groups is 1. The number of aromatic nitrogens is 1. The normalized spacial score (nSPS) is 21.7. The van der Waals surface area contributed by atoms with Crippen molar-refractivity contribution in [3.63, 3.8) is 0 Å². The molecule has 1 aliphatic heterocycles. The lowest BCUT2D eigenvalue weighted by Crippen LogP contribution is -2.33. The Morgan fingerprint density at radius 1 is 1.50 bits per heavy atom. The summed E-state index contributed by atoms with van der Waals surface area (Å²) in [7, 11) is 0. The van der Waals surface area contributed by atoms with E-state index in [0.717, 1.165) is 31.7 Å². The molecule has 1 aromatic heterocycles. The van der Waals surface area contributed by atoms with Crippen LogP contribution in [0.3, 0.4) is 0 Å². The largest absolute Gasteiger partial charge is 0.383 e. The first kappa shape index (κ1) is 14.8. The van der Waals surface area contributed by atoms with Crippen molar-refractivity contribution in [3.8, 4) is 0 Å². The second-order valence-electron chi connectivity index (χ2n) is 5.03. The van der Waals surface area contributed by atoms with Gasteiger partial charge in [-0.2, -0.15) is 0 Å². The first-order chi connectivity index (χ1) is 9.76. The van der Waals surface area contributed by atoms with Gasteiger partial charge in [0.15, 0.2) is 0 Å². The van der Waals surface area contributed by atoms with Gasteiger partial charge in [0, 0.05) is 31.8 Å². The molecule has 1 aliphatic rings. The summed E-state index contributed by atoms with van der Waals surface area (Å²) in [6.45, 7) is 6.36. The Hall–Kier alpha value is -1.62. The molecule has 1 saturated heterocycles. The summed E-state index contributed by atoms with van der Waals surface area (Å²) >= 11 is 0. The van der Waals surface area contributed by atoms with Crippen LogP contribution in [-0.4, -0.2) is 36.7 Å². The van der Waals surface area contributed by atoms with Gasteiger partial charge < -0.3 is 15.4 Å². The lowest BCUT2D eigenvalue weighted by Gasteiger charge is -2.18. The number of carbonyl (C=O) groups excluding carboxylic acids is 1. The maximum absolute atomic E-state index is 12.3. The molecule has 1 aromatic rings. The van der Waals surface area contributed by atoms with Gasteiger partial charge in [-0.05, 0) is 25.8 Å². The summed E-state index contributed by atoms with van der Waals surface area (Å²) in [6.07, 6.45) is 5.63. The van der Waals surface area contributed by atoms with E-state index < -0.39 is 0 Å². The fourth-order valence-electron chi connectivity index (χ4n) is 2.62. The van der Waals surface area contributed by atoms with Crippen LogP contribution in [0.25, 0.3) is 0 Å². The summed E-state index contributed by atoms with van der Waals surface area (Å²) in [5, 5.41) is 6.17. The minimum Gasteiger partial charge on any atom is -0.383 e. The highest BCUT2D eigenvalue weighted by Gasteiger charge is 2.27. The molecule has 110 valence electrons. The quantitative estimate of drug-likeness (QED) is 0.835. The zero-order chi connectivity index (χ0) is 14.4. The van der Waals surface area contributed by atoms with E-state index in [9.17, 15) is 4.79 Å². The Balaban J connectivity index is 1.95. The van der Waals surface area contributed by atoms with Crippen LogP contribution in [0.15, 0.2) is 18.5 Å². The van der Waals surface area contributed by atoms with Crippen LogP contribution in [0.1, 0.15) is 37.0 Å². The average Bonchev–Trinajstić information content (AvgIpc) is 2.93. The number of nitrogens with one attached hydrogen (secondary N) is 2. The number of nitrogens with zero attached hydrogens (tertiary/aromatic N) is 1. The van der Waals surface area contributed by atoms with E-state index in [0.29, 0.717) is 18.0 Å². The van der Waals surface area contributed by atoms with E-state index in [1.807, 2.05) is 6.92 Å². The number of rotatable bonds is 6. The molecular formula is C15H23N3O2. The maximum atomic E-state index is 12.3. The van der Waals surface area contributed by atoms with Gasteiger partial charge in [-0.15, -0.1) is 0 Å². The zero-order valence-corrected chi connectivity index (χ0v) is 12.2. The third-order valence-corrected chi connectivity index (χ3v) is 3.71. The summed E-state index contributed by atoms with van der Waals surface area (Å²) in [4.78, 5) is 16.3. The molecule has 2 unspecified atom stereocenters. The third-order valence-electron chi connectivity index (χ3n) is 3.71. The Morgan fingerprint density at radius 3 is 3.10 bits per heavy atom. The summed E-state index contributed by atoms with van der Waals surface area (Å²) in [5.74, 6) is 0.374. The molecule has 0 saturated carbocycles. The van der Waals surface area contributed by atoms with E-state index in [1.54, 1.807) is 18.5 Å². The van der Waals surface area contributed by atoms with Gasteiger partial charge in [-0.3, -0.25) is 9.78 Å². The highest BCUT2D eigenvalue weighted by Crippen LogP contribution is 2.22. The molecule has 0 spiro atoms. The molecule has 1 fully saturated rings. The lowest BCUT2D eigenvalue weighted by molar-refractivity contribution is 0.0827. The number of anilines is 1. The third kappa shape index (κ3) is 3.48. The van der Waals surface area contributed by atoms with Crippen LogP contribution >= 0.6 is 0 Å². The van der Waals surface area contributed by atoms with Crippen molar-refractivity contribution in [3.05, 3.63) is 24.0 Å². The number of hydrogen-bond donors (Lipinski definition) is 2. The smallest absolute Gasteiger partial charge is 0.253 e. The van der Waals surface area contributed by atoms with Crippen LogP contribution in [0, 0.1) is 5.92 Å². The molecule has 2 N–H and O–H groups in total. The Labute approximate surface area is 120 Å². The number of amides is 1. The fourth-order valence-corrected chi connectivity index (χ4v) is 2.62. The SMILES string of the molecule is CCNc1cnccc1C(=O)NCC1CCOC1CC. The minimum atomic E-state index is -0.0508. The van der Waals surface area contributed by atoms with E-state index in [4.69, 9.17) is 4.74 Å². The van der Waals surface area contributed by atoms with E-state index in [2.05, 4.69) is 22.5 Å². The maximum Gasteiger partial charge on any atom is 0.253 e. The van der Waals surface area contributed by atoms with Crippen molar-refractivity contribution in [1.82, 2.24) is 10.3 Å². The molecule has 5 heteroatoms. The van der Waals surface area contributed by atoms with Crippen LogP contribution < -0.4 is 10.6 Å². The fraction of sp³-hybridized carbons (Fsp3) is 0.600. The van der Waals surface area contributed by atoms with Crippen LogP contribution in [-0.2, 0) is 4.74 Å². The van der Waals surface area contributed by atoms with Crippen molar-refractivity contribution >= 4 is 11.6 Å². The number of hydrogen-bond acceptors (Lipinski definition) is 4. The minimum absolute atomic E-state index is 0.0508. The monoisotopic (exact) mass is 277 g/mol. The van der Waals surface area contributed by atoms with Crippen molar-refractivity contribution < 1.29 is 9.53 Å². The average molecular weight is 277 g/mol. The molecule has 2 heterocycles. The van der Waals surface area contributed by atoms with Gasteiger partial charge >= 0.3 is 0 Å². The van der Waals surface area contributed by atoms with Gasteiger partial charge in [0.1, 0.15) is 0 Å². The summed E-state index contributed by atoms with van der Waals surface area (Å²) < 4.78 is 5.64. The lowest BCUT2D eigenvalue weighted by atomic mass is 9.99. The molecule has 2 atom stereocenters. The molecular weight excluding hydrogens is 254 g/mol. The van der Waals surface area contributed by atoms with Gasteiger partial charge in [-0.1, -0.05) is 6.92 Å². The highest BCUT2D eigenvalue weighted by atomic mass is 16.5. The molecule has 2 rings (SSSR count). The van der Waals surface area contributed by atoms with Crippen LogP contribution in [0.2, 0.25) is 0 Å². The Morgan fingerprint density at radius 2 is 2.35 bits per heavy atom. The topological polar surface area (TPSA) is 63.2 Å². The highest BCUT2D eigenvalue weighted by molar-refractivity contribution is 5.99. The zero-order valence-electron chi connectivity index (χ0n) is 12.2. The van der Waals surface area contributed by atoms with Crippen LogP contribution in [0.4, 0.5) is 5.69 Å². The van der Waals surface area contributed by atoms with Crippen molar-refractivity contribution in [2.45, 2.75) is 32.8 Å². The Bertz CT molecular complexity index is 450. The van der Waals surface area contributed by atoms with Crippen molar-refractivity contribution in [2.75, 3.05) is 25.0 Å². The van der Waals surface area contributed by atoms with Gasteiger partial charge in [0.25, 0.3) is 5.91 Å². The predicted octanol–water partition coefficient (Wildman–Crippen LogP) is 2.06. The van der Waals surface area contributed by atoms with Gasteiger partial charge in [-0.25, -0.2) is 0 Å².